The Balaban J connectivity index is 1.71. The van der Waals surface area contributed by atoms with Crippen molar-refractivity contribution < 1.29 is 14.3 Å². The number of rotatable bonds is 3. The molecule has 1 aromatic rings. The first-order chi connectivity index (χ1) is 11.6. The van der Waals surface area contributed by atoms with Gasteiger partial charge in [-0.2, -0.15) is 0 Å². The van der Waals surface area contributed by atoms with Crippen LogP contribution in [0.5, 0.6) is 0 Å². The van der Waals surface area contributed by atoms with Crippen molar-refractivity contribution in [3.05, 3.63) is 18.5 Å². The van der Waals surface area contributed by atoms with Crippen LogP contribution in [-0.4, -0.2) is 97.9 Å². The molecule has 2 aliphatic heterocycles. The molecule has 3 rings (SSSR count). The maximum absolute atomic E-state index is 12.1. The normalized spacial score (nSPS) is 25.5. The second-order valence-electron chi connectivity index (χ2n) is 6.55. The third kappa shape index (κ3) is 4.00. The molecule has 3 heterocycles. The number of morpholine rings is 1. The number of nitrogens with zero attached hydrogens (tertiary/aromatic N) is 5. The average Bonchev–Trinajstić information content (AvgIpc) is 2.77. The molecule has 1 spiro atoms. The van der Waals surface area contributed by atoms with Crippen molar-refractivity contribution in [1.29, 1.82) is 0 Å². The average molecular weight is 335 g/mol. The van der Waals surface area contributed by atoms with Gasteiger partial charge in [-0.1, -0.05) is 0 Å². The summed E-state index contributed by atoms with van der Waals surface area (Å²) in [6.45, 7) is 4.89. The molecule has 2 fully saturated rings. The van der Waals surface area contributed by atoms with Crippen molar-refractivity contribution in [2.45, 2.75) is 5.60 Å². The van der Waals surface area contributed by atoms with E-state index in [1.165, 1.54) is 0 Å². The summed E-state index contributed by atoms with van der Waals surface area (Å²) in [7, 11) is 3.55. The lowest BCUT2D eigenvalue weighted by Gasteiger charge is -2.43. The monoisotopic (exact) mass is 335 g/mol. The smallest absolute Gasteiger partial charge is 0.236 e. The van der Waals surface area contributed by atoms with E-state index in [2.05, 4.69) is 19.8 Å². The molecule has 0 aliphatic carbocycles. The molecule has 0 saturated carbocycles. The minimum atomic E-state index is -0.458. The highest BCUT2D eigenvalue weighted by Crippen LogP contribution is 2.24. The maximum Gasteiger partial charge on any atom is 0.236 e. The van der Waals surface area contributed by atoms with Crippen LogP contribution in [-0.2, 0) is 14.3 Å². The molecule has 24 heavy (non-hydrogen) atoms. The zero-order valence-electron chi connectivity index (χ0n) is 14.3. The van der Waals surface area contributed by atoms with Crippen LogP contribution in [0.2, 0.25) is 0 Å². The van der Waals surface area contributed by atoms with Crippen LogP contribution in [0.1, 0.15) is 0 Å². The summed E-state index contributed by atoms with van der Waals surface area (Å²) in [6.07, 6.45) is 3.49. The Morgan fingerprint density at radius 1 is 1.25 bits per heavy atom. The summed E-state index contributed by atoms with van der Waals surface area (Å²) in [5, 5.41) is 0. The van der Waals surface area contributed by atoms with E-state index >= 15 is 0 Å². The Hall–Kier alpha value is -1.77. The Kier molecular flexibility index (Phi) is 5.27. The topological polar surface area (TPSA) is 71.0 Å². The van der Waals surface area contributed by atoms with E-state index < -0.39 is 5.60 Å². The number of hydrogen-bond acceptors (Lipinski definition) is 7. The number of anilines is 1. The molecule has 0 aromatic carbocycles. The maximum atomic E-state index is 12.1. The molecule has 132 valence electrons. The van der Waals surface area contributed by atoms with Gasteiger partial charge < -0.3 is 19.3 Å². The first kappa shape index (κ1) is 17.1. The van der Waals surface area contributed by atoms with Gasteiger partial charge >= 0.3 is 0 Å². The number of carbonyl (C=O) groups excluding carboxylic acids is 1. The number of hydrogen-bond donors (Lipinski definition) is 0. The van der Waals surface area contributed by atoms with Gasteiger partial charge in [-0.15, -0.1) is 0 Å². The lowest BCUT2D eigenvalue weighted by Crippen LogP contribution is -2.59. The molecule has 1 atom stereocenters. The predicted molar refractivity (Wildman–Crippen MR) is 88.9 cm³/mol. The third-order valence-corrected chi connectivity index (χ3v) is 4.37. The van der Waals surface area contributed by atoms with Crippen molar-refractivity contribution in [2.75, 3.05) is 71.5 Å². The summed E-state index contributed by atoms with van der Waals surface area (Å²) in [6, 6.07) is 1.81. The fourth-order valence-electron chi connectivity index (χ4n) is 3.10. The fourth-order valence-corrected chi connectivity index (χ4v) is 3.10. The van der Waals surface area contributed by atoms with Gasteiger partial charge in [-0.25, -0.2) is 9.97 Å². The Morgan fingerprint density at radius 3 is 2.79 bits per heavy atom. The molecular formula is C16H25N5O3. The molecule has 0 bridgehead atoms. The number of ether oxygens (including phenoxy) is 2. The van der Waals surface area contributed by atoms with Crippen LogP contribution in [0.4, 0.5) is 5.95 Å². The van der Waals surface area contributed by atoms with E-state index in [-0.39, 0.29) is 5.91 Å². The molecule has 1 amide bonds. The Morgan fingerprint density at radius 2 is 2.04 bits per heavy atom. The zero-order chi connectivity index (χ0) is 17.0. The van der Waals surface area contributed by atoms with Crippen LogP contribution < -0.4 is 4.90 Å². The van der Waals surface area contributed by atoms with Crippen LogP contribution in [0.25, 0.3) is 0 Å². The number of carbonyl (C=O) groups is 1. The SMILES string of the molecule is CN(C)C(=O)CN1CCOC[C@@]2(C1)CN(c1ncccn1)CCO2. The van der Waals surface area contributed by atoms with Crippen LogP contribution in [0.15, 0.2) is 18.5 Å². The fraction of sp³-hybridized carbons (Fsp3) is 0.688. The molecule has 0 unspecified atom stereocenters. The highest BCUT2D eigenvalue weighted by atomic mass is 16.5. The quantitative estimate of drug-likeness (QED) is 0.735. The van der Waals surface area contributed by atoms with E-state index in [1.807, 2.05) is 6.07 Å². The van der Waals surface area contributed by atoms with Gasteiger partial charge in [0.2, 0.25) is 11.9 Å². The first-order valence-electron chi connectivity index (χ1n) is 8.24. The lowest BCUT2D eigenvalue weighted by atomic mass is 10.0. The van der Waals surface area contributed by atoms with Gasteiger partial charge in [-0.3, -0.25) is 9.69 Å². The van der Waals surface area contributed by atoms with E-state index in [0.29, 0.717) is 45.4 Å². The summed E-state index contributed by atoms with van der Waals surface area (Å²) in [5.41, 5.74) is -0.458. The Labute approximate surface area is 142 Å². The van der Waals surface area contributed by atoms with E-state index in [4.69, 9.17) is 9.47 Å². The van der Waals surface area contributed by atoms with Crippen LogP contribution >= 0.6 is 0 Å². The predicted octanol–water partition coefficient (Wildman–Crippen LogP) is -0.528. The van der Waals surface area contributed by atoms with Crippen molar-refractivity contribution in [3.63, 3.8) is 0 Å². The van der Waals surface area contributed by atoms with Crippen molar-refractivity contribution in [1.82, 2.24) is 19.8 Å². The van der Waals surface area contributed by atoms with Gasteiger partial charge in [0, 0.05) is 46.1 Å². The van der Waals surface area contributed by atoms with Gasteiger partial charge in [-0.05, 0) is 6.07 Å². The van der Waals surface area contributed by atoms with E-state index in [0.717, 1.165) is 13.1 Å². The summed E-state index contributed by atoms with van der Waals surface area (Å²) >= 11 is 0. The second-order valence-corrected chi connectivity index (χ2v) is 6.55. The minimum Gasteiger partial charge on any atom is -0.377 e. The molecule has 2 saturated heterocycles. The van der Waals surface area contributed by atoms with Crippen molar-refractivity contribution in [3.8, 4) is 0 Å². The summed E-state index contributed by atoms with van der Waals surface area (Å²) in [4.78, 5) is 26.6. The van der Waals surface area contributed by atoms with Gasteiger partial charge in [0.15, 0.2) is 0 Å². The summed E-state index contributed by atoms with van der Waals surface area (Å²) < 4.78 is 11.9. The number of amides is 1. The number of likely N-dealkylation sites (N-methyl/N-ethyl adjacent to an activating group) is 1. The lowest BCUT2D eigenvalue weighted by molar-refractivity contribution is -0.131. The van der Waals surface area contributed by atoms with E-state index in [1.54, 1.807) is 31.4 Å². The molecular weight excluding hydrogens is 310 g/mol. The van der Waals surface area contributed by atoms with Crippen molar-refractivity contribution >= 4 is 11.9 Å². The molecule has 0 radical (unpaired) electrons. The highest BCUT2D eigenvalue weighted by Gasteiger charge is 2.41. The highest BCUT2D eigenvalue weighted by molar-refractivity contribution is 5.77. The molecule has 0 N–H and O–H groups in total. The standard InChI is InChI=1S/C16H25N5O3/c1-19(2)14(22)10-20-6-8-23-13-16(11-20)12-21(7-9-24-16)15-17-4-3-5-18-15/h3-5H,6-13H2,1-2H3/t16-/m1/s1. The van der Waals surface area contributed by atoms with Gasteiger partial charge in [0.05, 0.1) is 32.9 Å². The minimum absolute atomic E-state index is 0.0890. The molecule has 2 aliphatic rings. The molecule has 1 aromatic heterocycles. The Bertz CT molecular complexity index is 556. The summed E-state index contributed by atoms with van der Waals surface area (Å²) in [5.74, 6) is 0.798. The molecule has 8 heteroatoms. The number of aromatic nitrogens is 2. The largest absolute Gasteiger partial charge is 0.377 e. The van der Waals surface area contributed by atoms with Crippen LogP contribution in [0, 0.1) is 0 Å². The third-order valence-electron chi connectivity index (χ3n) is 4.37. The first-order valence-corrected chi connectivity index (χ1v) is 8.24. The van der Waals surface area contributed by atoms with Crippen molar-refractivity contribution in [2.24, 2.45) is 0 Å². The zero-order valence-corrected chi connectivity index (χ0v) is 14.3. The molecule has 8 nitrogen and oxygen atoms in total. The van der Waals surface area contributed by atoms with E-state index in [9.17, 15) is 4.79 Å². The van der Waals surface area contributed by atoms with Gasteiger partial charge in [0.1, 0.15) is 5.60 Å². The van der Waals surface area contributed by atoms with Crippen LogP contribution in [0.3, 0.4) is 0 Å². The second kappa shape index (κ2) is 7.42. The van der Waals surface area contributed by atoms with Gasteiger partial charge in [0.25, 0.3) is 0 Å².